The molecule has 2 aromatic heterocycles. The Balaban J connectivity index is 1.97. The van der Waals surface area contributed by atoms with Gasteiger partial charge < -0.3 is 4.90 Å². The molecular weight excluding hydrogens is 286 g/mol. The second-order valence-corrected chi connectivity index (χ2v) is 5.55. The van der Waals surface area contributed by atoms with Gasteiger partial charge in [0.2, 0.25) is 0 Å². The highest BCUT2D eigenvalue weighted by atomic mass is 35.5. The topological polar surface area (TPSA) is 46.3 Å². The Hall–Kier alpha value is -2.14. The van der Waals surface area contributed by atoms with Gasteiger partial charge >= 0.3 is 0 Å². The van der Waals surface area contributed by atoms with Gasteiger partial charge in [-0.3, -0.25) is 0 Å². The third kappa shape index (κ3) is 2.83. The monoisotopic (exact) mass is 301 g/mol. The molecule has 0 saturated carbocycles. The smallest absolute Gasteiger partial charge is 0.254 e. The van der Waals surface area contributed by atoms with Crippen LogP contribution in [0.3, 0.4) is 0 Å². The van der Waals surface area contributed by atoms with E-state index in [2.05, 4.69) is 20.0 Å². The number of aromatic nitrogens is 4. The van der Waals surface area contributed by atoms with E-state index in [1.165, 1.54) is 5.56 Å². The van der Waals surface area contributed by atoms with Crippen LogP contribution in [0.25, 0.3) is 5.78 Å². The number of halogens is 1. The first-order valence-corrected chi connectivity index (χ1v) is 7.07. The van der Waals surface area contributed by atoms with Crippen molar-refractivity contribution in [2.75, 3.05) is 11.9 Å². The molecule has 0 saturated heterocycles. The minimum absolute atomic E-state index is 0.630. The predicted molar refractivity (Wildman–Crippen MR) is 83.8 cm³/mol. The van der Waals surface area contributed by atoms with Crippen LogP contribution in [0.2, 0.25) is 5.02 Å². The summed E-state index contributed by atoms with van der Waals surface area (Å²) >= 11 is 5.92. The lowest BCUT2D eigenvalue weighted by atomic mass is 10.2. The van der Waals surface area contributed by atoms with E-state index >= 15 is 0 Å². The summed E-state index contributed by atoms with van der Waals surface area (Å²) in [6, 6.07) is 9.86. The van der Waals surface area contributed by atoms with Crippen molar-refractivity contribution in [2.45, 2.75) is 20.4 Å². The SMILES string of the molecule is Cc1cc(N(C)Cc2ccc(Cl)cc2)n2nc(C)nc2n1. The number of hydrogen-bond acceptors (Lipinski definition) is 4. The molecular formula is C15H16ClN5. The summed E-state index contributed by atoms with van der Waals surface area (Å²) in [5, 5.41) is 5.16. The second kappa shape index (κ2) is 5.33. The fourth-order valence-corrected chi connectivity index (χ4v) is 2.41. The number of nitrogens with zero attached hydrogens (tertiary/aromatic N) is 5. The fraction of sp³-hybridized carbons (Fsp3) is 0.267. The van der Waals surface area contributed by atoms with Crippen LogP contribution in [0.4, 0.5) is 5.82 Å². The molecule has 5 nitrogen and oxygen atoms in total. The van der Waals surface area contributed by atoms with Crippen molar-refractivity contribution < 1.29 is 0 Å². The molecule has 0 spiro atoms. The van der Waals surface area contributed by atoms with E-state index in [0.29, 0.717) is 11.6 Å². The molecule has 1 aromatic carbocycles. The summed E-state index contributed by atoms with van der Waals surface area (Å²) < 4.78 is 1.78. The molecule has 0 aliphatic rings. The zero-order valence-electron chi connectivity index (χ0n) is 12.2. The van der Waals surface area contributed by atoms with Crippen LogP contribution in [-0.2, 0) is 6.54 Å². The summed E-state index contributed by atoms with van der Waals surface area (Å²) in [5.74, 6) is 2.31. The quantitative estimate of drug-likeness (QED) is 0.746. The van der Waals surface area contributed by atoms with E-state index in [1.807, 2.05) is 51.2 Å². The predicted octanol–water partition coefficient (Wildman–Crippen LogP) is 3.03. The number of aryl methyl sites for hydroxylation is 2. The van der Waals surface area contributed by atoms with Gasteiger partial charge in [0.05, 0.1) is 0 Å². The van der Waals surface area contributed by atoms with Crippen LogP contribution < -0.4 is 4.90 Å². The minimum atomic E-state index is 0.630. The average Bonchev–Trinajstić information content (AvgIpc) is 2.80. The van der Waals surface area contributed by atoms with Gasteiger partial charge in [-0.2, -0.15) is 9.50 Å². The summed E-state index contributed by atoms with van der Waals surface area (Å²) in [5.41, 5.74) is 2.11. The Morgan fingerprint density at radius 3 is 2.57 bits per heavy atom. The van der Waals surface area contributed by atoms with Crippen LogP contribution in [-0.4, -0.2) is 26.6 Å². The zero-order valence-corrected chi connectivity index (χ0v) is 13.0. The Labute approximate surface area is 128 Å². The van der Waals surface area contributed by atoms with E-state index in [9.17, 15) is 0 Å². The maximum Gasteiger partial charge on any atom is 0.254 e. The first-order chi connectivity index (χ1) is 10.0. The van der Waals surface area contributed by atoms with Crippen molar-refractivity contribution in [1.82, 2.24) is 19.6 Å². The molecule has 0 atom stereocenters. The Kier molecular flexibility index (Phi) is 3.51. The maximum absolute atomic E-state index is 5.92. The summed E-state index contributed by atoms with van der Waals surface area (Å²) in [6.45, 7) is 4.59. The molecule has 3 rings (SSSR count). The van der Waals surface area contributed by atoms with Crippen molar-refractivity contribution in [1.29, 1.82) is 0 Å². The molecule has 108 valence electrons. The summed E-state index contributed by atoms with van der Waals surface area (Å²) in [6.07, 6.45) is 0. The summed E-state index contributed by atoms with van der Waals surface area (Å²) in [4.78, 5) is 10.9. The van der Waals surface area contributed by atoms with Gasteiger partial charge in [0.15, 0.2) is 0 Å². The molecule has 0 aliphatic carbocycles. The highest BCUT2D eigenvalue weighted by molar-refractivity contribution is 6.30. The van der Waals surface area contributed by atoms with Gasteiger partial charge in [0.25, 0.3) is 5.78 Å². The van der Waals surface area contributed by atoms with E-state index in [-0.39, 0.29) is 0 Å². The first kappa shape index (κ1) is 13.8. The highest BCUT2D eigenvalue weighted by Gasteiger charge is 2.11. The van der Waals surface area contributed by atoms with Crippen LogP contribution in [0.1, 0.15) is 17.1 Å². The highest BCUT2D eigenvalue weighted by Crippen LogP contribution is 2.18. The maximum atomic E-state index is 5.92. The number of benzene rings is 1. The van der Waals surface area contributed by atoms with E-state index < -0.39 is 0 Å². The van der Waals surface area contributed by atoms with Gasteiger partial charge in [-0.1, -0.05) is 23.7 Å². The molecule has 0 amide bonds. The molecule has 0 unspecified atom stereocenters. The van der Waals surface area contributed by atoms with E-state index in [4.69, 9.17) is 11.6 Å². The molecule has 0 N–H and O–H groups in total. The lowest BCUT2D eigenvalue weighted by Gasteiger charge is -2.20. The van der Waals surface area contributed by atoms with Crippen LogP contribution in [0.15, 0.2) is 30.3 Å². The van der Waals surface area contributed by atoms with Crippen molar-refractivity contribution in [3.8, 4) is 0 Å². The zero-order chi connectivity index (χ0) is 15.0. The second-order valence-electron chi connectivity index (χ2n) is 5.11. The minimum Gasteiger partial charge on any atom is -0.355 e. The van der Waals surface area contributed by atoms with Crippen LogP contribution in [0, 0.1) is 13.8 Å². The third-order valence-corrected chi connectivity index (χ3v) is 3.50. The van der Waals surface area contributed by atoms with Gasteiger partial charge in [0.1, 0.15) is 11.6 Å². The molecule has 0 aliphatic heterocycles. The molecule has 0 fully saturated rings. The normalized spacial score (nSPS) is 11.0. The lowest BCUT2D eigenvalue weighted by molar-refractivity contribution is 0.821. The first-order valence-electron chi connectivity index (χ1n) is 6.69. The van der Waals surface area contributed by atoms with Gasteiger partial charge in [-0.05, 0) is 31.5 Å². The van der Waals surface area contributed by atoms with E-state index in [1.54, 1.807) is 4.52 Å². The van der Waals surface area contributed by atoms with Crippen molar-refractivity contribution >= 4 is 23.2 Å². The number of hydrogen-bond donors (Lipinski definition) is 0. The van der Waals surface area contributed by atoms with Crippen LogP contribution >= 0.6 is 11.6 Å². The standard InChI is InChI=1S/C15H16ClN5/c1-10-8-14(21-15(17-10)18-11(2)19-21)20(3)9-12-4-6-13(16)7-5-12/h4-8H,9H2,1-3H3. The van der Waals surface area contributed by atoms with Gasteiger partial charge in [0, 0.05) is 30.4 Å². The van der Waals surface area contributed by atoms with Crippen molar-refractivity contribution in [2.24, 2.45) is 0 Å². The Morgan fingerprint density at radius 2 is 1.86 bits per heavy atom. The van der Waals surface area contributed by atoms with Crippen molar-refractivity contribution in [3.05, 3.63) is 52.4 Å². The third-order valence-electron chi connectivity index (χ3n) is 3.25. The molecule has 0 bridgehead atoms. The summed E-state index contributed by atoms with van der Waals surface area (Å²) in [7, 11) is 2.03. The van der Waals surface area contributed by atoms with Gasteiger partial charge in [-0.25, -0.2) is 4.98 Å². The molecule has 3 aromatic rings. The molecule has 6 heteroatoms. The lowest BCUT2D eigenvalue weighted by Crippen LogP contribution is -2.20. The van der Waals surface area contributed by atoms with E-state index in [0.717, 1.165) is 23.1 Å². The number of rotatable bonds is 3. The van der Waals surface area contributed by atoms with Gasteiger partial charge in [-0.15, -0.1) is 5.10 Å². The number of anilines is 1. The molecule has 0 radical (unpaired) electrons. The van der Waals surface area contributed by atoms with Crippen LogP contribution in [0.5, 0.6) is 0 Å². The Bertz CT molecular complexity index is 779. The Morgan fingerprint density at radius 1 is 1.14 bits per heavy atom. The number of fused-ring (bicyclic) bond motifs is 1. The molecule has 2 heterocycles. The van der Waals surface area contributed by atoms with Crippen molar-refractivity contribution in [3.63, 3.8) is 0 Å². The molecule has 21 heavy (non-hydrogen) atoms. The fourth-order valence-electron chi connectivity index (χ4n) is 2.28. The largest absolute Gasteiger partial charge is 0.355 e. The average molecular weight is 302 g/mol.